The molecule has 1 atom stereocenters. The number of aromatic nitrogens is 1. The molecule has 3 rings (SSSR count). The Balaban J connectivity index is 0.00000341. The van der Waals surface area contributed by atoms with Gasteiger partial charge < -0.3 is 20.4 Å². The van der Waals surface area contributed by atoms with Crippen LogP contribution in [0.25, 0.3) is 0 Å². The van der Waals surface area contributed by atoms with Gasteiger partial charge in [0.1, 0.15) is 5.82 Å². The molecule has 0 spiro atoms. The first kappa shape index (κ1) is 26.1. The smallest absolute Gasteiger partial charge is 0.191 e. The lowest BCUT2D eigenvalue weighted by atomic mass is 10.0. The molecule has 0 amide bonds. The lowest BCUT2D eigenvalue weighted by Gasteiger charge is -2.35. The highest BCUT2D eigenvalue weighted by Gasteiger charge is 2.20. The van der Waals surface area contributed by atoms with Crippen molar-refractivity contribution in [2.24, 2.45) is 4.99 Å². The van der Waals surface area contributed by atoms with Crippen LogP contribution in [0.15, 0.2) is 23.3 Å². The number of piperazine rings is 1. The van der Waals surface area contributed by atoms with Gasteiger partial charge in [-0.3, -0.25) is 4.90 Å². The fraction of sp³-hybridized carbons (Fsp3) is 0.739. The minimum absolute atomic E-state index is 0. The molecule has 2 saturated heterocycles. The van der Waals surface area contributed by atoms with Crippen LogP contribution in [-0.4, -0.2) is 86.2 Å². The van der Waals surface area contributed by atoms with Crippen molar-refractivity contribution >= 4 is 35.8 Å². The molecule has 0 radical (unpaired) electrons. The summed E-state index contributed by atoms with van der Waals surface area (Å²) in [7, 11) is 2.18. The SMILES string of the molecule is CCNC(=NCc1cccnc1N1CCN(C)CC1)NCCN1CCCCC1CC.I. The van der Waals surface area contributed by atoms with E-state index in [1.54, 1.807) is 0 Å². The number of guanidine groups is 1. The van der Waals surface area contributed by atoms with E-state index in [0.29, 0.717) is 6.54 Å². The third-order valence-corrected chi connectivity index (χ3v) is 6.33. The first-order valence-electron chi connectivity index (χ1n) is 11.8. The van der Waals surface area contributed by atoms with E-state index in [1.165, 1.54) is 37.8 Å². The Kier molecular flexibility index (Phi) is 11.9. The molecule has 1 aromatic heterocycles. The number of hydrogen-bond acceptors (Lipinski definition) is 5. The Morgan fingerprint density at radius 2 is 1.94 bits per heavy atom. The van der Waals surface area contributed by atoms with Gasteiger partial charge in [-0.05, 0) is 45.8 Å². The van der Waals surface area contributed by atoms with Crippen molar-refractivity contribution in [2.75, 3.05) is 64.3 Å². The summed E-state index contributed by atoms with van der Waals surface area (Å²) in [6.45, 7) is 13.4. The third-order valence-electron chi connectivity index (χ3n) is 6.33. The summed E-state index contributed by atoms with van der Waals surface area (Å²) < 4.78 is 0. The summed E-state index contributed by atoms with van der Waals surface area (Å²) in [6.07, 6.45) is 7.21. The molecule has 7 nitrogen and oxygen atoms in total. The molecule has 2 aliphatic rings. The van der Waals surface area contributed by atoms with Gasteiger partial charge in [-0.25, -0.2) is 9.98 Å². The molecule has 1 unspecified atom stereocenters. The Hall–Kier alpha value is -1.13. The maximum absolute atomic E-state index is 4.87. The standard InChI is InChI=1S/C23H41N7.HI/c1-4-21-10-6-7-13-29(21)14-12-26-23(24-5-2)27-19-20-9-8-11-25-22(20)30-17-15-28(3)16-18-30;/h8-9,11,21H,4-7,10,12-19H2,1-3H3,(H2,24,26,27);1H. The molecule has 0 aliphatic carbocycles. The number of pyridine rings is 1. The second kappa shape index (κ2) is 14.1. The molecule has 3 heterocycles. The summed E-state index contributed by atoms with van der Waals surface area (Å²) >= 11 is 0. The summed E-state index contributed by atoms with van der Waals surface area (Å²) in [5.74, 6) is 1.99. The molecule has 8 heteroatoms. The highest BCUT2D eigenvalue weighted by atomic mass is 127. The number of likely N-dealkylation sites (N-methyl/N-ethyl adjacent to an activating group) is 1. The molecule has 0 saturated carbocycles. The van der Waals surface area contributed by atoms with Crippen LogP contribution in [0, 0.1) is 0 Å². The van der Waals surface area contributed by atoms with E-state index in [9.17, 15) is 0 Å². The summed E-state index contributed by atoms with van der Waals surface area (Å²) in [5, 5.41) is 6.94. The normalized spacial score (nSPS) is 20.9. The van der Waals surface area contributed by atoms with E-state index >= 15 is 0 Å². The molecular formula is C23H42IN7. The zero-order chi connectivity index (χ0) is 21.2. The van der Waals surface area contributed by atoms with Crippen LogP contribution in [0.1, 0.15) is 45.1 Å². The minimum atomic E-state index is 0. The lowest BCUT2D eigenvalue weighted by Crippen LogP contribution is -2.46. The Morgan fingerprint density at radius 3 is 2.68 bits per heavy atom. The predicted octanol–water partition coefficient (Wildman–Crippen LogP) is 2.77. The highest BCUT2D eigenvalue weighted by Crippen LogP contribution is 2.20. The first-order chi connectivity index (χ1) is 14.7. The molecule has 2 aliphatic heterocycles. The average molecular weight is 544 g/mol. The molecule has 0 bridgehead atoms. The van der Waals surface area contributed by atoms with Crippen LogP contribution in [0.3, 0.4) is 0 Å². The second-order valence-corrected chi connectivity index (χ2v) is 8.49. The maximum Gasteiger partial charge on any atom is 0.191 e. The Bertz CT molecular complexity index is 661. The van der Waals surface area contributed by atoms with Gasteiger partial charge in [0, 0.05) is 63.6 Å². The summed E-state index contributed by atoms with van der Waals surface area (Å²) in [5.41, 5.74) is 1.20. The monoisotopic (exact) mass is 543 g/mol. The van der Waals surface area contributed by atoms with Crippen molar-refractivity contribution in [2.45, 2.75) is 52.1 Å². The minimum Gasteiger partial charge on any atom is -0.357 e. The van der Waals surface area contributed by atoms with Crippen LogP contribution in [0.4, 0.5) is 5.82 Å². The van der Waals surface area contributed by atoms with Gasteiger partial charge in [-0.1, -0.05) is 19.4 Å². The zero-order valence-electron chi connectivity index (χ0n) is 19.6. The lowest BCUT2D eigenvalue weighted by molar-refractivity contribution is 0.147. The number of aliphatic imine (C=N–C) groups is 1. The Labute approximate surface area is 206 Å². The number of piperidine rings is 1. The van der Waals surface area contributed by atoms with Crippen molar-refractivity contribution in [1.29, 1.82) is 0 Å². The molecule has 1 aromatic rings. The van der Waals surface area contributed by atoms with Crippen molar-refractivity contribution in [3.8, 4) is 0 Å². The number of nitrogens with one attached hydrogen (secondary N) is 2. The predicted molar refractivity (Wildman–Crippen MR) is 142 cm³/mol. The number of anilines is 1. The molecule has 31 heavy (non-hydrogen) atoms. The molecule has 2 fully saturated rings. The quantitative estimate of drug-likeness (QED) is 0.299. The fourth-order valence-electron chi connectivity index (χ4n) is 4.50. The zero-order valence-corrected chi connectivity index (χ0v) is 22.0. The fourth-order valence-corrected chi connectivity index (χ4v) is 4.50. The van der Waals surface area contributed by atoms with Gasteiger partial charge in [0.25, 0.3) is 0 Å². The number of nitrogens with zero attached hydrogens (tertiary/aromatic N) is 5. The van der Waals surface area contributed by atoms with Crippen molar-refractivity contribution in [1.82, 2.24) is 25.4 Å². The van der Waals surface area contributed by atoms with E-state index in [0.717, 1.165) is 63.6 Å². The molecule has 176 valence electrons. The van der Waals surface area contributed by atoms with Gasteiger partial charge in [0.2, 0.25) is 0 Å². The number of halogens is 1. The van der Waals surface area contributed by atoms with Crippen LogP contribution in [0.2, 0.25) is 0 Å². The topological polar surface area (TPSA) is 59.0 Å². The van der Waals surface area contributed by atoms with E-state index in [2.05, 4.69) is 57.3 Å². The molecule has 0 aromatic carbocycles. The summed E-state index contributed by atoms with van der Waals surface area (Å²) in [6, 6.07) is 4.93. The number of rotatable bonds is 8. The van der Waals surface area contributed by atoms with Crippen LogP contribution >= 0.6 is 24.0 Å². The molecular weight excluding hydrogens is 501 g/mol. The largest absolute Gasteiger partial charge is 0.357 e. The average Bonchev–Trinajstić information content (AvgIpc) is 2.78. The van der Waals surface area contributed by atoms with E-state index in [-0.39, 0.29) is 24.0 Å². The van der Waals surface area contributed by atoms with Crippen molar-refractivity contribution < 1.29 is 0 Å². The number of likely N-dealkylation sites (tertiary alicyclic amines) is 1. The highest BCUT2D eigenvalue weighted by molar-refractivity contribution is 14.0. The van der Waals surface area contributed by atoms with Crippen LogP contribution in [0.5, 0.6) is 0 Å². The third kappa shape index (κ3) is 8.05. The van der Waals surface area contributed by atoms with Crippen molar-refractivity contribution in [3.05, 3.63) is 23.9 Å². The van der Waals surface area contributed by atoms with Gasteiger partial charge in [-0.2, -0.15) is 0 Å². The maximum atomic E-state index is 4.87. The van der Waals surface area contributed by atoms with Gasteiger partial charge in [-0.15, -0.1) is 24.0 Å². The van der Waals surface area contributed by atoms with Crippen LogP contribution in [-0.2, 0) is 6.54 Å². The second-order valence-electron chi connectivity index (χ2n) is 8.49. The Morgan fingerprint density at radius 1 is 1.13 bits per heavy atom. The summed E-state index contributed by atoms with van der Waals surface area (Å²) in [4.78, 5) is 17.0. The van der Waals surface area contributed by atoms with Gasteiger partial charge >= 0.3 is 0 Å². The van der Waals surface area contributed by atoms with Crippen LogP contribution < -0.4 is 15.5 Å². The first-order valence-corrected chi connectivity index (χ1v) is 11.8. The van der Waals surface area contributed by atoms with Gasteiger partial charge in [0.15, 0.2) is 5.96 Å². The molecule has 2 N–H and O–H groups in total. The van der Waals surface area contributed by atoms with E-state index in [4.69, 9.17) is 4.99 Å². The number of hydrogen-bond donors (Lipinski definition) is 2. The van der Waals surface area contributed by atoms with E-state index < -0.39 is 0 Å². The van der Waals surface area contributed by atoms with E-state index in [1.807, 2.05) is 12.3 Å². The van der Waals surface area contributed by atoms with Crippen molar-refractivity contribution in [3.63, 3.8) is 0 Å². The van der Waals surface area contributed by atoms with Gasteiger partial charge in [0.05, 0.1) is 6.54 Å².